The molecule has 0 saturated heterocycles. The quantitative estimate of drug-likeness (QED) is 0.662. The van der Waals surface area contributed by atoms with Gasteiger partial charge < -0.3 is 10.2 Å². The average Bonchev–Trinajstić information content (AvgIpc) is 2.02. The van der Waals surface area contributed by atoms with Gasteiger partial charge in [0, 0.05) is 6.42 Å². The van der Waals surface area contributed by atoms with Crippen LogP contribution in [0.5, 0.6) is 0 Å². The maximum atomic E-state index is 10.7. The van der Waals surface area contributed by atoms with Gasteiger partial charge in [-0.25, -0.2) is 0 Å². The van der Waals surface area contributed by atoms with Crippen molar-refractivity contribution < 1.29 is 19.8 Å². The molecule has 2 N–H and O–H groups in total. The molecule has 0 aromatic rings. The molecule has 4 heteroatoms. The van der Waals surface area contributed by atoms with E-state index in [0.717, 1.165) is 6.42 Å². The summed E-state index contributed by atoms with van der Waals surface area (Å²) in [5.41, 5.74) is 0. The molecule has 0 aliphatic heterocycles. The fraction of sp³-hybridized carbons (Fsp3) is 0.800. The van der Waals surface area contributed by atoms with Crippen molar-refractivity contribution in [3.05, 3.63) is 0 Å². The Labute approximate surface area is 83.9 Å². The van der Waals surface area contributed by atoms with Gasteiger partial charge in [0.25, 0.3) is 0 Å². The summed E-state index contributed by atoms with van der Waals surface area (Å²) in [6.45, 7) is 4.05. The predicted octanol–water partition coefficient (Wildman–Crippen LogP) is 1.99. The highest BCUT2D eigenvalue weighted by molar-refractivity contribution is 5.72. The molecule has 0 amide bonds. The zero-order chi connectivity index (χ0) is 11.1. The van der Waals surface area contributed by atoms with Gasteiger partial charge in [0.05, 0.1) is 5.92 Å². The Bertz CT molecular complexity index is 198. The summed E-state index contributed by atoms with van der Waals surface area (Å²) in [5.74, 6) is -1.86. The van der Waals surface area contributed by atoms with Gasteiger partial charge >= 0.3 is 11.9 Å². The van der Waals surface area contributed by atoms with Crippen LogP contribution in [0.4, 0.5) is 0 Å². The lowest BCUT2D eigenvalue weighted by Gasteiger charge is -2.12. The van der Waals surface area contributed by atoms with Gasteiger partial charge in [0.2, 0.25) is 0 Å². The summed E-state index contributed by atoms with van der Waals surface area (Å²) in [6.07, 6.45) is 1.57. The first-order valence-electron chi connectivity index (χ1n) is 4.88. The lowest BCUT2D eigenvalue weighted by Crippen LogP contribution is -2.16. The van der Waals surface area contributed by atoms with Crippen LogP contribution in [-0.4, -0.2) is 22.2 Å². The highest BCUT2D eigenvalue weighted by Crippen LogP contribution is 2.17. The Hall–Kier alpha value is -1.06. The van der Waals surface area contributed by atoms with E-state index in [1.54, 1.807) is 0 Å². The van der Waals surface area contributed by atoms with Crippen molar-refractivity contribution in [3.63, 3.8) is 0 Å². The zero-order valence-corrected chi connectivity index (χ0v) is 8.69. The van der Waals surface area contributed by atoms with Crippen LogP contribution >= 0.6 is 0 Å². The summed E-state index contributed by atoms with van der Waals surface area (Å²) >= 11 is 0. The molecular weight excluding hydrogens is 184 g/mol. The van der Waals surface area contributed by atoms with Crippen LogP contribution in [0.15, 0.2) is 0 Å². The molecule has 1 unspecified atom stereocenters. The second kappa shape index (κ2) is 6.40. The number of hydrogen-bond donors (Lipinski definition) is 2. The van der Waals surface area contributed by atoms with E-state index in [4.69, 9.17) is 10.2 Å². The molecule has 0 bridgehead atoms. The summed E-state index contributed by atoms with van der Waals surface area (Å²) in [4.78, 5) is 21.0. The van der Waals surface area contributed by atoms with E-state index >= 15 is 0 Å². The topological polar surface area (TPSA) is 74.6 Å². The van der Waals surface area contributed by atoms with Gasteiger partial charge in [-0.2, -0.15) is 0 Å². The molecule has 1 atom stereocenters. The molecule has 0 spiro atoms. The number of hydrogen-bond acceptors (Lipinski definition) is 2. The maximum absolute atomic E-state index is 10.7. The van der Waals surface area contributed by atoms with Crippen molar-refractivity contribution >= 4 is 11.9 Å². The van der Waals surface area contributed by atoms with E-state index < -0.39 is 17.9 Å². The largest absolute Gasteiger partial charge is 0.481 e. The number of carboxylic acids is 2. The van der Waals surface area contributed by atoms with E-state index in [-0.39, 0.29) is 12.8 Å². The normalized spacial score (nSPS) is 12.8. The monoisotopic (exact) mass is 202 g/mol. The Morgan fingerprint density at radius 3 is 2.00 bits per heavy atom. The fourth-order valence-corrected chi connectivity index (χ4v) is 1.22. The minimum absolute atomic E-state index is 0.0605. The molecule has 0 fully saturated rings. The molecule has 0 aromatic heterocycles. The third-order valence-corrected chi connectivity index (χ3v) is 2.15. The maximum Gasteiger partial charge on any atom is 0.306 e. The molecule has 4 nitrogen and oxygen atoms in total. The summed E-state index contributed by atoms with van der Waals surface area (Å²) in [5, 5.41) is 17.2. The molecule has 0 aliphatic rings. The third-order valence-electron chi connectivity index (χ3n) is 2.15. The Morgan fingerprint density at radius 1 is 1.07 bits per heavy atom. The first kappa shape index (κ1) is 12.9. The number of rotatable bonds is 7. The summed E-state index contributed by atoms with van der Waals surface area (Å²) in [6, 6.07) is 0. The van der Waals surface area contributed by atoms with E-state index in [0.29, 0.717) is 12.3 Å². The predicted molar refractivity (Wildman–Crippen MR) is 52.1 cm³/mol. The molecule has 82 valence electrons. The first-order chi connectivity index (χ1) is 6.43. The van der Waals surface area contributed by atoms with E-state index in [1.165, 1.54) is 0 Å². The minimum atomic E-state index is -0.930. The summed E-state index contributed by atoms with van der Waals surface area (Å²) < 4.78 is 0. The zero-order valence-electron chi connectivity index (χ0n) is 8.69. The van der Waals surface area contributed by atoms with Crippen LogP contribution in [0.3, 0.4) is 0 Å². The Kier molecular flexibility index (Phi) is 5.92. The van der Waals surface area contributed by atoms with Crippen LogP contribution < -0.4 is 0 Å². The Balaban J connectivity index is 3.90. The van der Waals surface area contributed by atoms with Crippen LogP contribution in [-0.2, 0) is 9.59 Å². The second-order valence-electron chi connectivity index (χ2n) is 3.94. The van der Waals surface area contributed by atoms with Crippen molar-refractivity contribution in [2.45, 2.75) is 39.5 Å². The molecule has 0 radical (unpaired) electrons. The minimum Gasteiger partial charge on any atom is -0.481 e. The van der Waals surface area contributed by atoms with Crippen LogP contribution in [0.2, 0.25) is 0 Å². The molecular formula is C10H18O4. The van der Waals surface area contributed by atoms with Gasteiger partial charge in [-0.1, -0.05) is 20.3 Å². The number of carbonyl (C=O) groups is 2. The van der Waals surface area contributed by atoms with Crippen molar-refractivity contribution in [2.75, 3.05) is 0 Å². The second-order valence-corrected chi connectivity index (χ2v) is 3.94. The number of aliphatic carboxylic acids is 2. The van der Waals surface area contributed by atoms with Crippen molar-refractivity contribution in [3.8, 4) is 0 Å². The van der Waals surface area contributed by atoms with Crippen molar-refractivity contribution in [1.29, 1.82) is 0 Å². The van der Waals surface area contributed by atoms with Gasteiger partial charge in [-0.15, -0.1) is 0 Å². The molecule has 0 rings (SSSR count). The molecule has 0 heterocycles. The van der Waals surface area contributed by atoms with Gasteiger partial charge in [0.1, 0.15) is 0 Å². The average molecular weight is 202 g/mol. The van der Waals surface area contributed by atoms with Gasteiger partial charge in [-0.3, -0.25) is 9.59 Å². The van der Waals surface area contributed by atoms with Crippen molar-refractivity contribution in [2.24, 2.45) is 11.8 Å². The van der Waals surface area contributed by atoms with E-state index in [9.17, 15) is 9.59 Å². The SMILES string of the molecule is CC(C)CCC(CCC(=O)O)C(=O)O. The molecule has 14 heavy (non-hydrogen) atoms. The first-order valence-corrected chi connectivity index (χ1v) is 4.88. The van der Waals surface area contributed by atoms with Crippen molar-refractivity contribution in [1.82, 2.24) is 0 Å². The molecule has 0 aliphatic carbocycles. The Morgan fingerprint density at radius 2 is 1.64 bits per heavy atom. The van der Waals surface area contributed by atoms with E-state index in [2.05, 4.69) is 0 Å². The van der Waals surface area contributed by atoms with Crippen LogP contribution in [0.25, 0.3) is 0 Å². The highest BCUT2D eigenvalue weighted by atomic mass is 16.4. The molecule has 0 saturated carbocycles. The van der Waals surface area contributed by atoms with Crippen LogP contribution in [0, 0.1) is 11.8 Å². The van der Waals surface area contributed by atoms with Crippen LogP contribution in [0.1, 0.15) is 39.5 Å². The van der Waals surface area contributed by atoms with Gasteiger partial charge in [0.15, 0.2) is 0 Å². The standard InChI is InChI=1S/C10H18O4/c1-7(2)3-4-8(10(13)14)5-6-9(11)12/h7-8H,3-6H2,1-2H3,(H,11,12)(H,13,14). The molecule has 0 aromatic carbocycles. The lowest BCUT2D eigenvalue weighted by molar-refractivity contribution is -0.143. The number of carboxylic acid groups (broad SMARTS) is 2. The smallest absolute Gasteiger partial charge is 0.306 e. The van der Waals surface area contributed by atoms with Gasteiger partial charge in [-0.05, 0) is 18.8 Å². The van der Waals surface area contributed by atoms with E-state index in [1.807, 2.05) is 13.8 Å². The third kappa shape index (κ3) is 6.46. The lowest BCUT2D eigenvalue weighted by atomic mass is 9.94. The fourth-order valence-electron chi connectivity index (χ4n) is 1.22. The summed E-state index contributed by atoms with van der Waals surface area (Å²) in [7, 11) is 0. The highest BCUT2D eigenvalue weighted by Gasteiger charge is 2.18.